The molecule has 1 fully saturated rings. The normalized spacial score (nSPS) is 15.2. The van der Waals surface area contributed by atoms with Gasteiger partial charge in [0.15, 0.2) is 11.5 Å². The van der Waals surface area contributed by atoms with Gasteiger partial charge in [-0.1, -0.05) is 30.3 Å². The van der Waals surface area contributed by atoms with Gasteiger partial charge in [-0.2, -0.15) is 0 Å². The highest BCUT2D eigenvalue weighted by Crippen LogP contribution is 2.35. The van der Waals surface area contributed by atoms with Crippen molar-refractivity contribution < 1.29 is 14.2 Å². The molecule has 1 aliphatic rings. The van der Waals surface area contributed by atoms with Crippen LogP contribution in [0.25, 0.3) is 0 Å². The van der Waals surface area contributed by atoms with E-state index in [1.807, 2.05) is 18.2 Å². The second-order valence-corrected chi connectivity index (χ2v) is 6.93. The highest BCUT2D eigenvalue weighted by atomic mass is 127. The summed E-state index contributed by atoms with van der Waals surface area (Å²) in [4.78, 5) is 2.40. The van der Waals surface area contributed by atoms with Gasteiger partial charge in [-0.15, -0.1) is 0 Å². The summed E-state index contributed by atoms with van der Waals surface area (Å²) in [5, 5.41) is 0. The fourth-order valence-electron chi connectivity index (χ4n) is 2.75. The average Bonchev–Trinajstić information content (AvgIpc) is 2.62. The van der Waals surface area contributed by atoms with Crippen LogP contribution in [0.3, 0.4) is 0 Å². The number of halogens is 1. The van der Waals surface area contributed by atoms with Crippen molar-refractivity contribution in [1.82, 2.24) is 4.90 Å². The van der Waals surface area contributed by atoms with E-state index in [1.54, 1.807) is 7.11 Å². The lowest BCUT2D eigenvalue weighted by atomic mass is 10.1. The van der Waals surface area contributed by atoms with Gasteiger partial charge < -0.3 is 14.2 Å². The van der Waals surface area contributed by atoms with Crippen molar-refractivity contribution in [3.05, 3.63) is 57.2 Å². The van der Waals surface area contributed by atoms with Gasteiger partial charge in [-0.3, -0.25) is 4.90 Å². The molecule has 0 saturated carbocycles. The number of benzene rings is 2. The first kappa shape index (κ1) is 17.5. The van der Waals surface area contributed by atoms with Crippen LogP contribution in [0.5, 0.6) is 11.5 Å². The third-order valence-electron chi connectivity index (χ3n) is 4.03. The first-order valence-electron chi connectivity index (χ1n) is 8.09. The van der Waals surface area contributed by atoms with Crippen molar-refractivity contribution >= 4 is 22.6 Å². The van der Waals surface area contributed by atoms with E-state index in [9.17, 15) is 0 Å². The summed E-state index contributed by atoms with van der Waals surface area (Å²) >= 11 is 2.32. The van der Waals surface area contributed by atoms with E-state index in [-0.39, 0.29) is 0 Å². The molecular weight excluding hydrogens is 417 g/mol. The van der Waals surface area contributed by atoms with Crippen LogP contribution < -0.4 is 9.47 Å². The fraction of sp³-hybridized carbons (Fsp3) is 0.368. The van der Waals surface area contributed by atoms with E-state index in [0.29, 0.717) is 6.61 Å². The molecule has 0 amide bonds. The molecule has 0 aromatic heterocycles. The third-order valence-corrected chi connectivity index (χ3v) is 4.83. The molecule has 5 heteroatoms. The number of methoxy groups -OCH3 is 1. The zero-order valence-corrected chi connectivity index (χ0v) is 16.0. The molecule has 1 aliphatic heterocycles. The molecule has 128 valence electrons. The van der Waals surface area contributed by atoms with Crippen LogP contribution in [0.4, 0.5) is 0 Å². The predicted molar refractivity (Wildman–Crippen MR) is 103 cm³/mol. The monoisotopic (exact) mass is 439 g/mol. The molecule has 0 N–H and O–H groups in total. The standard InChI is InChI=1S/C19H22INO3/c1-22-18-12-16(13-21-7-9-23-10-8-21)11-17(20)19(18)24-14-15-5-3-2-4-6-15/h2-6,11-12H,7-10,13-14H2,1H3. The van der Waals surface area contributed by atoms with Gasteiger partial charge in [0.05, 0.1) is 23.9 Å². The number of hydrogen-bond acceptors (Lipinski definition) is 4. The maximum absolute atomic E-state index is 6.02. The van der Waals surface area contributed by atoms with E-state index in [1.165, 1.54) is 5.56 Å². The summed E-state index contributed by atoms with van der Waals surface area (Å²) in [6, 6.07) is 14.4. The van der Waals surface area contributed by atoms with Crippen LogP contribution in [0.2, 0.25) is 0 Å². The van der Waals surface area contributed by atoms with Gasteiger partial charge in [0, 0.05) is 19.6 Å². The summed E-state index contributed by atoms with van der Waals surface area (Å²) in [7, 11) is 1.69. The van der Waals surface area contributed by atoms with Crippen LogP contribution in [0.1, 0.15) is 11.1 Å². The Morgan fingerprint density at radius 1 is 1.08 bits per heavy atom. The molecular formula is C19H22INO3. The van der Waals surface area contributed by atoms with Gasteiger partial charge in [-0.05, 0) is 45.9 Å². The summed E-state index contributed by atoms with van der Waals surface area (Å²) in [5.74, 6) is 1.61. The van der Waals surface area contributed by atoms with Crippen molar-refractivity contribution in [3.63, 3.8) is 0 Å². The Bertz CT molecular complexity index is 657. The third kappa shape index (κ3) is 4.62. The minimum Gasteiger partial charge on any atom is -0.493 e. The van der Waals surface area contributed by atoms with Crippen LogP contribution >= 0.6 is 22.6 Å². The Morgan fingerprint density at radius 3 is 2.54 bits per heavy atom. The SMILES string of the molecule is COc1cc(CN2CCOCC2)cc(I)c1OCc1ccccc1. The number of ether oxygens (including phenoxy) is 3. The van der Waals surface area contributed by atoms with Crippen LogP contribution in [0.15, 0.2) is 42.5 Å². The number of nitrogens with zero attached hydrogens (tertiary/aromatic N) is 1. The number of rotatable bonds is 6. The van der Waals surface area contributed by atoms with Gasteiger partial charge in [-0.25, -0.2) is 0 Å². The summed E-state index contributed by atoms with van der Waals surface area (Å²) in [5.41, 5.74) is 2.39. The van der Waals surface area contributed by atoms with Crippen molar-refractivity contribution in [3.8, 4) is 11.5 Å². The highest BCUT2D eigenvalue weighted by Gasteiger charge is 2.15. The lowest BCUT2D eigenvalue weighted by Crippen LogP contribution is -2.35. The second-order valence-electron chi connectivity index (χ2n) is 5.77. The number of hydrogen-bond donors (Lipinski definition) is 0. The molecule has 1 saturated heterocycles. The van der Waals surface area contributed by atoms with Crippen molar-refractivity contribution in [2.45, 2.75) is 13.2 Å². The molecule has 2 aromatic carbocycles. The van der Waals surface area contributed by atoms with Crippen LogP contribution in [-0.4, -0.2) is 38.3 Å². The largest absolute Gasteiger partial charge is 0.493 e. The molecule has 0 atom stereocenters. The lowest BCUT2D eigenvalue weighted by Gasteiger charge is -2.27. The van der Waals surface area contributed by atoms with E-state index in [2.05, 4.69) is 51.8 Å². The Kier molecular flexibility index (Phi) is 6.34. The summed E-state index contributed by atoms with van der Waals surface area (Å²) in [6.45, 7) is 5.03. The maximum atomic E-state index is 6.02. The lowest BCUT2D eigenvalue weighted by molar-refractivity contribution is 0.0341. The minimum atomic E-state index is 0.538. The van der Waals surface area contributed by atoms with E-state index in [4.69, 9.17) is 14.2 Å². The quantitative estimate of drug-likeness (QED) is 0.643. The molecule has 0 unspecified atom stereocenters. The molecule has 24 heavy (non-hydrogen) atoms. The Balaban J connectivity index is 1.72. The number of morpholine rings is 1. The molecule has 4 nitrogen and oxygen atoms in total. The predicted octanol–water partition coefficient (Wildman–Crippen LogP) is 3.71. The average molecular weight is 439 g/mol. The van der Waals surface area contributed by atoms with Gasteiger partial charge in [0.25, 0.3) is 0 Å². The first-order chi connectivity index (χ1) is 11.8. The van der Waals surface area contributed by atoms with Crippen molar-refractivity contribution in [1.29, 1.82) is 0 Å². The molecule has 3 rings (SSSR count). The van der Waals surface area contributed by atoms with E-state index < -0.39 is 0 Å². The maximum Gasteiger partial charge on any atom is 0.174 e. The molecule has 2 aromatic rings. The Hall–Kier alpha value is -1.31. The van der Waals surface area contributed by atoms with E-state index >= 15 is 0 Å². The molecule has 0 aliphatic carbocycles. The minimum absolute atomic E-state index is 0.538. The van der Waals surface area contributed by atoms with Crippen molar-refractivity contribution in [2.75, 3.05) is 33.4 Å². The first-order valence-corrected chi connectivity index (χ1v) is 9.17. The molecule has 0 spiro atoms. The van der Waals surface area contributed by atoms with Gasteiger partial charge in [0.1, 0.15) is 6.61 Å². The van der Waals surface area contributed by atoms with Crippen LogP contribution in [-0.2, 0) is 17.9 Å². The topological polar surface area (TPSA) is 30.9 Å². The molecule has 1 heterocycles. The summed E-state index contributed by atoms with van der Waals surface area (Å²) in [6.07, 6.45) is 0. The second kappa shape index (κ2) is 8.69. The smallest absolute Gasteiger partial charge is 0.174 e. The zero-order valence-electron chi connectivity index (χ0n) is 13.8. The Labute approximate surface area is 156 Å². The zero-order chi connectivity index (χ0) is 16.8. The Morgan fingerprint density at radius 2 is 1.83 bits per heavy atom. The van der Waals surface area contributed by atoms with E-state index in [0.717, 1.165) is 53.5 Å². The van der Waals surface area contributed by atoms with Gasteiger partial charge in [0.2, 0.25) is 0 Å². The van der Waals surface area contributed by atoms with Gasteiger partial charge >= 0.3 is 0 Å². The molecule has 0 radical (unpaired) electrons. The highest BCUT2D eigenvalue weighted by molar-refractivity contribution is 14.1. The molecule has 0 bridgehead atoms. The van der Waals surface area contributed by atoms with Crippen LogP contribution in [0, 0.1) is 3.57 Å². The fourth-order valence-corrected chi connectivity index (χ4v) is 3.57. The summed E-state index contributed by atoms with van der Waals surface area (Å²) < 4.78 is 18.1. The van der Waals surface area contributed by atoms with Crippen molar-refractivity contribution in [2.24, 2.45) is 0 Å².